The van der Waals surface area contributed by atoms with Gasteiger partial charge in [0.05, 0.1) is 17.3 Å². The number of hydrogen-bond donors (Lipinski definition) is 1. The highest BCUT2D eigenvalue weighted by Crippen LogP contribution is 2.29. The number of nitrogen functional groups attached to an aromatic ring is 1. The molecule has 0 aliphatic heterocycles. The summed E-state index contributed by atoms with van der Waals surface area (Å²) in [6, 6.07) is 5.28. The van der Waals surface area contributed by atoms with Gasteiger partial charge in [-0.1, -0.05) is 17.7 Å². The number of tetrazole rings is 1. The molecule has 0 amide bonds. The maximum atomic E-state index is 11.1. The van der Waals surface area contributed by atoms with E-state index in [4.69, 9.17) is 17.3 Å². The molecular weight excluding hydrogens is 274 g/mol. The molecule has 2 aromatic rings. The summed E-state index contributed by atoms with van der Waals surface area (Å²) in [7, 11) is -0.898. The van der Waals surface area contributed by atoms with E-state index in [0.717, 1.165) is 0 Å². The molecule has 96 valence electrons. The minimum absolute atomic E-state index is 0.438. The van der Waals surface area contributed by atoms with E-state index in [0.29, 0.717) is 34.4 Å². The van der Waals surface area contributed by atoms with Crippen molar-refractivity contribution in [1.29, 1.82) is 0 Å². The van der Waals surface area contributed by atoms with E-state index >= 15 is 0 Å². The highest BCUT2D eigenvalue weighted by Gasteiger charge is 2.13. The largest absolute Gasteiger partial charge is 0.397 e. The zero-order valence-corrected chi connectivity index (χ0v) is 11.3. The average Bonchev–Trinajstić information content (AvgIpc) is 2.78. The van der Waals surface area contributed by atoms with E-state index in [9.17, 15) is 4.21 Å². The number of halogens is 1. The lowest BCUT2D eigenvalue weighted by Gasteiger charge is -2.07. The third kappa shape index (κ3) is 2.68. The second kappa shape index (κ2) is 5.45. The van der Waals surface area contributed by atoms with Crippen LogP contribution in [0.25, 0.3) is 11.4 Å². The van der Waals surface area contributed by atoms with E-state index in [-0.39, 0.29) is 0 Å². The number of benzene rings is 1. The quantitative estimate of drug-likeness (QED) is 0.845. The van der Waals surface area contributed by atoms with Gasteiger partial charge in [-0.3, -0.25) is 4.21 Å². The van der Waals surface area contributed by atoms with Gasteiger partial charge in [-0.05, 0) is 22.6 Å². The molecule has 0 fully saturated rings. The second-order valence-corrected chi connectivity index (χ2v) is 5.67. The molecule has 0 saturated heterocycles. The van der Waals surface area contributed by atoms with Crippen molar-refractivity contribution in [2.24, 2.45) is 0 Å². The highest BCUT2D eigenvalue weighted by atomic mass is 35.5. The van der Waals surface area contributed by atoms with Crippen LogP contribution in [0, 0.1) is 0 Å². The van der Waals surface area contributed by atoms with Gasteiger partial charge in [-0.25, -0.2) is 4.68 Å². The Kier molecular flexibility index (Phi) is 3.93. The molecule has 1 aromatic carbocycles. The monoisotopic (exact) mass is 285 g/mol. The third-order valence-corrected chi connectivity index (χ3v) is 3.50. The van der Waals surface area contributed by atoms with Gasteiger partial charge in [0.1, 0.15) is 0 Å². The zero-order chi connectivity index (χ0) is 13.1. The van der Waals surface area contributed by atoms with E-state index < -0.39 is 10.8 Å². The Morgan fingerprint density at radius 1 is 1.50 bits per heavy atom. The number of hydrogen-bond acceptors (Lipinski definition) is 5. The van der Waals surface area contributed by atoms with Crippen LogP contribution < -0.4 is 5.73 Å². The summed E-state index contributed by atoms with van der Waals surface area (Å²) in [5, 5.41) is 11.9. The molecule has 2 rings (SSSR count). The second-order valence-electron chi connectivity index (χ2n) is 3.70. The first kappa shape index (κ1) is 13.0. The minimum atomic E-state index is -0.898. The Bertz CT molecular complexity index is 585. The Balaban J connectivity index is 2.36. The van der Waals surface area contributed by atoms with Crippen molar-refractivity contribution in [3.63, 3.8) is 0 Å². The fraction of sp³-hybridized carbons (Fsp3) is 0.300. The first-order valence-corrected chi connectivity index (χ1v) is 7.30. The molecule has 0 radical (unpaired) electrons. The molecule has 2 N–H and O–H groups in total. The van der Waals surface area contributed by atoms with Gasteiger partial charge in [0.15, 0.2) is 5.82 Å². The molecule has 0 spiro atoms. The van der Waals surface area contributed by atoms with Crippen molar-refractivity contribution in [3.05, 3.63) is 23.2 Å². The van der Waals surface area contributed by atoms with Crippen molar-refractivity contribution in [1.82, 2.24) is 20.2 Å². The highest BCUT2D eigenvalue weighted by molar-refractivity contribution is 7.84. The molecule has 18 heavy (non-hydrogen) atoms. The number of rotatable bonds is 4. The summed E-state index contributed by atoms with van der Waals surface area (Å²) < 4.78 is 12.7. The molecule has 1 atom stereocenters. The molecule has 0 aliphatic carbocycles. The van der Waals surface area contributed by atoms with Gasteiger partial charge in [0.25, 0.3) is 0 Å². The summed E-state index contributed by atoms with van der Waals surface area (Å²) >= 11 is 5.96. The van der Waals surface area contributed by atoms with Crippen molar-refractivity contribution in [2.45, 2.75) is 6.54 Å². The fourth-order valence-corrected chi connectivity index (χ4v) is 2.10. The van der Waals surface area contributed by atoms with Crippen LogP contribution in [-0.4, -0.2) is 36.4 Å². The number of anilines is 1. The Hall–Kier alpha value is -1.47. The van der Waals surface area contributed by atoms with Crippen molar-refractivity contribution < 1.29 is 4.21 Å². The van der Waals surface area contributed by atoms with E-state index in [1.54, 1.807) is 29.1 Å². The summed E-state index contributed by atoms with van der Waals surface area (Å²) in [4.78, 5) is 0. The lowest BCUT2D eigenvalue weighted by Crippen LogP contribution is -2.10. The lowest BCUT2D eigenvalue weighted by molar-refractivity contribution is 0.625. The SMILES string of the molecule is CS(=O)CCn1nnnc1-c1cccc(Cl)c1N. The maximum Gasteiger partial charge on any atom is 0.184 e. The fourth-order valence-electron chi connectivity index (χ4n) is 1.50. The van der Waals surface area contributed by atoms with Crippen molar-refractivity contribution in [2.75, 3.05) is 17.7 Å². The smallest absolute Gasteiger partial charge is 0.184 e. The van der Waals surface area contributed by atoms with Gasteiger partial charge in [-0.15, -0.1) is 5.10 Å². The van der Waals surface area contributed by atoms with Crippen LogP contribution in [-0.2, 0) is 17.3 Å². The number of para-hydroxylation sites is 1. The predicted octanol–water partition coefficient (Wildman–Crippen LogP) is 0.954. The molecule has 1 aromatic heterocycles. The Labute approximate surface area is 112 Å². The summed E-state index contributed by atoms with van der Waals surface area (Å²) in [5.41, 5.74) is 7.01. The van der Waals surface area contributed by atoms with E-state index in [2.05, 4.69) is 15.5 Å². The minimum Gasteiger partial charge on any atom is -0.397 e. The molecule has 1 unspecified atom stereocenters. The molecule has 0 saturated carbocycles. The maximum absolute atomic E-state index is 11.1. The lowest BCUT2D eigenvalue weighted by atomic mass is 10.1. The van der Waals surface area contributed by atoms with Crippen molar-refractivity contribution >= 4 is 28.1 Å². The molecular formula is C10H12ClN5OS. The molecule has 8 heteroatoms. The molecule has 0 aliphatic rings. The Morgan fingerprint density at radius 3 is 3.00 bits per heavy atom. The summed E-state index contributed by atoms with van der Waals surface area (Å²) in [5.74, 6) is 1.01. The standard InChI is InChI=1S/C10H12ClN5OS/c1-18(17)6-5-16-10(13-14-15-16)7-3-2-4-8(11)9(7)12/h2-4H,5-6,12H2,1H3. The van der Waals surface area contributed by atoms with Gasteiger partial charge in [0, 0.05) is 28.4 Å². The van der Waals surface area contributed by atoms with Gasteiger partial charge in [0.2, 0.25) is 0 Å². The number of nitrogens with two attached hydrogens (primary N) is 1. The molecule has 1 heterocycles. The number of aryl methyl sites for hydroxylation is 1. The van der Waals surface area contributed by atoms with Crippen LogP contribution in [0.2, 0.25) is 5.02 Å². The zero-order valence-electron chi connectivity index (χ0n) is 9.71. The van der Waals surface area contributed by atoms with Crippen LogP contribution in [0.1, 0.15) is 0 Å². The van der Waals surface area contributed by atoms with Crippen LogP contribution in [0.15, 0.2) is 18.2 Å². The van der Waals surface area contributed by atoms with E-state index in [1.807, 2.05) is 0 Å². The van der Waals surface area contributed by atoms with Crippen LogP contribution in [0.3, 0.4) is 0 Å². The third-order valence-electron chi connectivity index (χ3n) is 2.42. The van der Waals surface area contributed by atoms with E-state index in [1.165, 1.54) is 0 Å². The molecule has 0 bridgehead atoms. The van der Waals surface area contributed by atoms with Crippen molar-refractivity contribution in [3.8, 4) is 11.4 Å². The predicted molar refractivity (Wildman–Crippen MR) is 71.6 cm³/mol. The number of aromatic nitrogens is 4. The van der Waals surface area contributed by atoms with Gasteiger partial charge in [-0.2, -0.15) is 0 Å². The summed E-state index contributed by atoms with van der Waals surface area (Å²) in [6.07, 6.45) is 1.64. The Morgan fingerprint density at radius 2 is 2.28 bits per heavy atom. The summed E-state index contributed by atoms with van der Waals surface area (Å²) in [6.45, 7) is 0.470. The van der Waals surface area contributed by atoms with Crippen LogP contribution in [0.5, 0.6) is 0 Å². The topological polar surface area (TPSA) is 86.7 Å². The van der Waals surface area contributed by atoms with Crippen LogP contribution >= 0.6 is 11.6 Å². The normalized spacial score (nSPS) is 12.6. The van der Waals surface area contributed by atoms with Crippen LogP contribution in [0.4, 0.5) is 5.69 Å². The van der Waals surface area contributed by atoms with Gasteiger partial charge >= 0.3 is 0 Å². The first-order chi connectivity index (χ1) is 8.59. The van der Waals surface area contributed by atoms with Gasteiger partial charge < -0.3 is 5.73 Å². The molecule has 6 nitrogen and oxygen atoms in total. The number of nitrogens with zero attached hydrogens (tertiary/aromatic N) is 4. The average molecular weight is 286 g/mol. The first-order valence-electron chi connectivity index (χ1n) is 5.20.